The predicted octanol–water partition coefficient (Wildman–Crippen LogP) is 5.43. The average Bonchev–Trinajstić information content (AvgIpc) is 2.52. The van der Waals surface area contributed by atoms with E-state index in [9.17, 15) is 0 Å². The van der Waals surface area contributed by atoms with Crippen molar-refractivity contribution in [1.82, 2.24) is 0 Å². The molecule has 112 valence electrons. The van der Waals surface area contributed by atoms with Crippen LogP contribution in [-0.2, 0) is 6.54 Å². The Morgan fingerprint density at radius 2 is 1.68 bits per heavy atom. The van der Waals surface area contributed by atoms with Crippen LogP contribution in [0.15, 0.2) is 59.2 Å². The van der Waals surface area contributed by atoms with Crippen LogP contribution >= 0.6 is 0 Å². The second kappa shape index (κ2) is 5.45. The van der Waals surface area contributed by atoms with Gasteiger partial charge >= 0.3 is 0 Å². The first-order valence-corrected chi connectivity index (χ1v) is 7.64. The molecule has 2 nitrogen and oxygen atoms in total. The fourth-order valence-electron chi connectivity index (χ4n) is 2.96. The first-order chi connectivity index (χ1) is 10.5. The number of benzene rings is 2. The predicted molar refractivity (Wildman–Crippen MR) is 95.7 cm³/mol. The number of hydrogen-bond acceptors (Lipinski definition) is 2. The summed E-state index contributed by atoms with van der Waals surface area (Å²) >= 11 is 0. The lowest BCUT2D eigenvalue weighted by Gasteiger charge is -2.39. The van der Waals surface area contributed by atoms with E-state index in [1.165, 1.54) is 16.8 Å². The highest BCUT2D eigenvalue weighted by Gasteiger charge is 2.28. The van der Waals surface area contributed by atoms with E-state index in [4.69, 9.17) is 0 Å². The van der Waals surface area contributed by atoms with Crippen molar-refractivity contribution in [1.29, 1.82) is 0 Å². The highest BCUT2D eigenvalue weighted by Crippen LogP contribution is 2.41. The Kier molecular flexibility index (Phi) is 3.61. The van der Waals surface area contributed by atoms with E-state index in [0.717, 1.165) is 17.9 Å². The van der Waals surface area contributed by atoms with E-state index in [0.29, 0.717) is 0 Å². The zero-order valence-electron chi connectivity index (χ0n) is 13.5. The maximum absolute atomic E-state index is 4.20. The molecule has 0 bridgehead atoms. The van der Waals surface area contributed by atoms with Gasteiger partial charge in [-0.2, -0.15) is 0 Å². The van der Waals surface area contributed by atoms with Gasteiger partial charge in [-0.15, -0.1) is 0 Å². The third-order valence-electron chi connectivity index (χ3n) is 4.08. The van der Waals surface area contributed by atoms with E-state index in [1.807, 2.05) is 12.1 Å². The Balaban J connectivity index is 2.17. The van der Waals surface area contributed by atoms with Crippen molar-refractivity contribution in [2.45, 2.75) is 27.3 Å². The van der Waals surface area contributed by atoms with Gasteiger partial charge in [-0.25, -0.2) is 0 Å². The van der Waals surface area contributed by atoms with Crippen LogP contribution in [0.3, 0.4) is 0 Å². The van der Waals surface area contributed by atoms with E-state index < -0.39 is 0 Å². The van der Waals surface area contributed by atoms with Gasteiger partial charge in [0.05, 0.1) is 11.4 Å². The molecule has 2 heteroatoms. The Morgan fingerprint density at radius 3 is 2.41 bits per heavy atom. The molecule has 1 aliphatic heterocycles. The summed E-state index contributed by atoms with van der Waals surface area (Å²) in [6, 6.07) is 16.8. The SMILES string of the molecule is C=Nc1ccccc1N1Cc2ccccc2C=C1C(C)(C)C. The lowest BCUT2D eigenvalue weighted by atomic mass is 9.86. The standard InChI is InChI=1S/C20H22N2/c1-20(2,3)19-13-15-9-5-6-10-16(15)14-22(19)18-12-8-7-11-17(18)21-4/h5-13H,4,14H2,1-3H3. The zero-order chi connectivity index (χ0) is 15.7. The van der Waals surface area contributed by atoms with Crippen molar-refractivity contribution < 1.29 is 0 Å². The molecule has 0 N–H and O–H groups in total. The van der Waals surface area contributed by atoms with Crippen LogP contribution in [0.4, 0.5) is 11.4 Å². The van der Waals surface area contributed by atoms with Gasteiger partial charge in [0.2, 0.25) is 0 Å². The first-order valence-electron chi connectivity index (χ1n) is 7.64. The molecule has 1 heterocycles. The normalized spacial score (nSPS) is 14.3. The number of anilines is 1. The quantitative estimate of drug-likeness (QED) is 0.674. The Morgan fingerprint density at radius 1 is 1.00 bits per heavy atom. The number of nitrogens with zero attached hydrogens (tertiary/aromatic N) is 2. The monoisotopic (exact) mass is 290 g/mol. The largest absolute Gasteiger partial charge is 0.338 e. The average molecular weight is 290 g/mol. The van der Waals surface area contributed by atoms with Crippen LogP contribution in [-0.4, -0.2) is 6.72 Å². The Labute approximate surface area is 132 Å². The van der Waals surface area contributed by atoms with Gasteiger partial charge in [-0.05, 0) is 36.1 Å². The number of rotatable bonds is 2. The molecule has 22 heavy (non-hydrogen) atoms. The minimum absolute atomic E-state index is 0.0574. The van der Waals surface area contributed by atoms with E-state index in [1.54, 1.807) is 0 Å². The summed E-state index contributed by atoms with van der Waals surface area (Å²) in [6.45, 7) is 11.3. The smallest absolute Gasteiger partial charge is 0.0859 e. The van der Waals surface area contributed by atoms with Crippen molar-refractivity contribution >= 4 is 24.2 Å². The molecule has 0 atom stereocenters. The minimum atomic E-state index is 0.0574. The van der Waals surface area contributed by atoms with E-state index >= 15 is 0 Å². The lowest BCUT2D eigenvalue weighted by Crippen LogP contribution is -2.32. The zero-order valence-corrected chi connectivity index (χ0v) is 13.5. The molecule has 0 spiro atoms. The molecule has 0 aliphatic carbocycles. The molecule has 2 aromatic rings. The molecule has 0 saturated carbocycles. The lowest BCUT2D eigenvalue weighted by molar-refractivity contribution is 0.483. The van der Waals surface area contributed by atoms with Crippen molar-refractivity contribution in [3.8, 4) is 0 Å². The fourth-order valence-corrected chi connectivity index (χ4v) is 2.96. The molecular weight excluding hydrogens is 268 g/mol. The number of aliphatic imine (C=N–C) groups is 1. The van der Waals surface area contributed by atoms with Crippen LogP contribution in [0, 0.1) is 5.41 Å². The van der Waals surface area contributed by atoms with Crippen molar-refractivity contribution in [2.75, 3.05) is 4.90 Å². The maximum atomic E-state index is 4.20. The van der Waals surface area contributed by atoms with Crippen LogP contribution in [0.25, 0.3) is 6.08 Å². The van der Waals surface area contributed by atoms with Crippen molar-refractivity contribution in [3.05, 3.63) is 65.4 Å². The highest BCUT2D eigenvalue weighted by atomic mass is 15.2. The van der Waals surface area contributed by atoms with Gasteiger partial charge in [-0.3, -0.25) is 4.99 Å². The van der Waals surface area contributed by atoms with Gasteiger partial charge in [0, 0.05) is 17.7 Å². The molecule has 0 radical (unpaired) electrons. The first kappa shape index (κ1) is 14.6. The summed E-state index contributed by atoms with van der Waals surface area (Å²) in [7, 11) is 0. The summed E-state index contributed by atoms with van der Waals surface area (Å²) < 4.78 is 0. The van der Waals surface area contributed by atoms with Gasteiger partial charge in [-0.1, -0.05) is 57.2 Å². The van der Waals surface area contributed by atoms with Gasteiger partial charge < -0.3 is 4.90 Å². The van der Waals surface area contributed by atoms with Gasteiger partial charge in [0.1, 0.15) is 0 Å². The topological polar surface area (TPSA) is 15.6 Å². The third-order valence-corrected chi connectivity index (χ3v) is 4.08. The Hall–Kier alpha value is -2.35. The highest BCUT2D eigenvalue weighted by molar-refractivity contribution is 5.76. The summed E-state index contributed by atoms with van der Waals surface area (Å²) in [5, 5.41) is 0. The Bertz CT molecular complexity index is 735. The molecule has 0 aromatic heterocycles. The number of fused-ring (bicyclic) bond motifs is 1. The van der Waals surface area contributed by atoms with Crippen LogP contribution in [0.1, 0.15) is 31.9 Å². The number of allylic oxidation sites excluding steroid dienone is 1. The summed E-state index contributed by atoms with van der Waals surface area (Å²) in [6.07, 6.45) is 2.30. The molecule has 0 fully saturated rings. The number of para-hydroxylation sites is 2. The summed E-state index contributed by atoms with van der Waals surface area (Å²) in [5.74, 6) is 0. The maximum Gasteiger partial charge on any atom is 0.0859 e. The molecule has 3 rings (SSSR count). The van der Waals surface area contributed by atoms with Gasteiger partial charge in [0.15, 0.2) is 0 Å². The second-order valence-electron chi connectivity index (χ2n) is 6.71. The van der Waals surface area contributed by atoms with Crippen LogP contribution < -0.4 is 4.90 Å². The molecule has 0 amide bonds. The van der Waals surface area contributed by atoms with E-state index in [-0.39, 0.29) is 5.41 Å². The number of hydrogen-bond donors (Lipinski definition) is 0. The minimum Gasteiger partial charge on any atom is -0.338 e. The van der Waals surface area contributed by atoms with Crippen LogP contribution in [0.5, 0.6) is 0 Å². The van der Waals surface area contributed by atoms with Crippen molar-refractivity contribution in [3.63, 3.8) is 0 Å². The van der Waals surface area contributed by atoms with E-state index in [2.05, 4.69) is 79.9 Å². The molecule has 0 saturated heterocycles. The molecule has 0 unspecified atom stereocenters. The molecule has 1 aliphatic rings. The third kappa shape index (κ3) is 2.57. The fraction of sp³-hybridized carbons (Fsp3) is 0.250. The summed E-state index contributed by atoms with van der Waals surface area (Å²) in [4.78, 5) is 6.57. The summed E-state index contributed by atoms with van der Waals surface area (Å²) in [5.41, 5.74) is 6.07. The molecular formula is C20H22N2. The van der Waals surface area contributed by atoms with Gasteiger partial charge in [0.25, 0.3) is 0 Å². The van der Waals surface area contributed by atoms with Crippen LogP contribution in [0.2, 0.25) is 0 Å². The molecule has 2 aromatic carbocycles. The second-order valence-corrected chi connectivity index (χ2v) is 6.71. The van der Waals surface area contributed by atoms with Crippen molar-refractivity contribution in [2.24, 2.45) is 10.4 Å².